The van der Waals surface area contributed by atoms with Crippen LogP contribution in [0.3, 0.4) is 0 Å². The third-order valence-corrected chi connectivity index (χ3v) is 2.99. The molecule has 0 aliphatic rings. The van der Waals surface area contributed by atoms with Crippen molar-refractivity contribution >= 4 is 23.7 Å². The summed E-state index contributed by atoms with van der Waals surface area (Å²) in [6.07, 6.45) is 0. The van der Waals surface area contributed by atoms with Crippen LogP contribution >= 0.6 is 11.8 Å². The van der Waals surface area contributed by atoms with E-state index in [9.17, 15) is 8.78 Å². The third kappa shape index (κ3) is 3.04. The van der Waals surface area contributed by atoms with E-state index in [-0.39, 0.29) is 22.5 Å². The Bertz CT molecular complexity index is 558. The second kappa shape index (κ2) is 5.13. The highest BCUT2D eigenvalue weighted by Gasteiger charge is 2.07. The molecule has 0 atom stereocenters. The van der Waals surface area contributed by atoms with Crippen molar-refractivity contribution in [3.05, 3.63) is 35.7 Å². The summed E-state index contributed by atoms with van der Waals surface area (Å²) >= 11 is 1.05. The van der Waals surface area contributed by atoms with E-state index in [1.165, 1.54) is 0 Å². The van der Waals surface area contributed by atoms with Crippen LogP contribution < -0.4 is 11.5 Å². The lowest BCUT2D eigenvalue weighted by atomic mass is 10.3. The normalized spacial score (nSPS) is 10.6. The van der Waals surface area contributed by atoms with Gasteiger partial charge in [-0.3, -0.25) is 0 Å². The second-order valence-electron chi connectivity index (χ2n) is 3.33. The Kier molecular flexibility index (Phi) is 3.56. The number of hydrogen-bond donors (Lipinski definition) is 2. The van der Waals surface area contributed by atoms with Gasteiger partial charge in [-0.25, -0.2) is 8.78 Å². The first kappa shape index (κ1) is 12.5. The molecular weight excluding hydrogens is 260 g/mol. The Hall–Kier alpha value is -1.96. The van der Waals surface area contributed by atoms with Gasteiger partial charge in [-0.2, -0.15) is 15.0 Å². The lowest BCUT2D eigenvalue weighted by Gasteiger charge is -2.03. The van der Waals surface area contributed by atoms with Gasteiger partial charge in [-0.05, 0) is 18.2 Å². The molecule has 2 rings (SSSR count). The van der Waals surface area contributed by atoms with Crippen molar-refractivity contribution in [1.82, 2.24) is 15.0 Å². The van der Waals surface area contributed by atoms with Crippen molar-refractivity contribution in [2.75, 3.05) is 11.5 Å². The molecule has 0 radical (unpaired) electrons. The lowest BCUT2D eigenvalue weighted by molar-refractivity contribution is 0.577. The summed E-state index contributed by atoms with van der Waals surface area (Å²) in [7, 11) is 0. The predicted octanol–water partition coefficient (Wildman–Crippen LogP) is 1.61. The average molecular weight is 269 g/mol. The van der Waals surface area contributed by atoms with Gasteiger partial charge < -0.3 is 11.5 Å². The van der Waals surface area contributed by atoms with Crippen LogP contribution in [0.4, 0.5) is 20.7 Å². The van der Waals surface area contributed by atoms with E-state index in [1.807, 2.05) is 0 Å². The van der Waals surface area contributed by atoms with Gasteiger partial charge in [0, 0.05) is 4.90 Å². The van der Waals surface area contributed by atoms with Crippen LogP contribution in [-0.2, 0) is 5.75 Å². The minimum atomic E-state index is -0.506. The Morgan fingerprint density at radius 1 is 1.06 bits per heavy atom. The number of nitrogen functional groups attached to an aromatic ring is 2. The number of nitrogens with two attached hydrogens (primary N) is 2. The standard InChI is InChI=1S/C10H9F2N5S/c11-5-1-2-6(12)7(3-5)18-4-8-15-9(13)17-10(14)16-8/h1-3H,4H2,(H4,13,14,15,16,17). The van der Waals surface area contributed by atoms with Gasteiger partial charge in [0.05, 0.1) is 5.75 Å². The number of halogens is 2. The minimum Gasteiger partial charge on any atom is -0.368 e. The fraction of sp³-hybridized carbons (Fsp3) is 0.100. The molecule has 5 nitrogen and oxygen atoms in total. The molecule has 1 aromatic heterocycles. The molecule has 8 heteroatoms. The van der Waals surface area contributed by atoms with Crippen molar-refractivity contribution in [2.24, 2.45) is 0 Å². The van der Waals surface area contributed by atoms with Crippen molar-refractivity contribution in [2.45, 2.75) is 10.6 Å². The molecule has 18 heavy (non-hydrogen) atoms. The number of benzene rings is 1. The summed E-state index contributed by atoms with van der Waals surface area (Å²) in [6, 6.07) is 3.22. The second-order valence-corrected chi connectivity index (χ2v) is 4.35. The van der Waals surface area contributed by atoms with Crippen molar-refractivity contribution in [3.63, 3.8) is 0 Å². The van der Waals surface area contributed by atoms with Crippen LogP contribution in [0.25, 0.3) is 0 Å². The molecular formula is C10H9F2N5S. The number of aromatic nitrogens is 3. The Balaban J connectivity index is 2.13. The van der Waals surface area contributed by atoms with Gasteiger partial charge in [0.2, 0.25) is 11.9 Å². The van der Waals surface area contributed by atoms with Crippen molar-refractivity contribution < 1.29 is 8.78 Å². The Morgan fingerprint density at radius 2 is 1.72 bits per heavy atom. The molecule has 0 aliphatic carbocycles. The maximum Gasteiger partial charge on any atom is 0.225 e. The van der Waals surface area contributed by atoms with E-state index in [0.717, 1.165) is 30.0 Å². The molecule has 0 spiro atoms. The zero-order valence-corrected chi connectivity index (χ0v) is 9.92. The monoisotopic (exact) mass is 269 g/mol. The largest absolute Gasteiger partial charge is 0.368 e. The van der Waals surface area contributed by atoms with Gasteiger partial charge in [-0.15, -0.1) is 11.8 Å². The number of nitrogens with zero attached hydrogens (tertiary/aromatic N) is 3. The zero-order valence-electron chi connectivity index (χ0n) is 9.10. The van der Waals surface area contributed by atoms with E-state index in [0.29, 0.717) is 5.82 Å². The van der Waals surface area contributed by atoms with Crippen molar-refractivity contribution in [3.8, 4) is 0 Å². The molecule has 0 saturated heterocycles. The first-order valence-electron chi connectivity index (χ1n) is 4.88. The third-order valence-electron chi connectivity index (χ3n) is 1.97. The highest BCUT2D eigenvalue weighted by atomic mass is 32.2. The van der Waals surface area contributed by atoms with E-state index in [1.54, 1.807) is 0 Å². The van der Waals surface area contributed by atoms with Gasteiger partial charge in [0.1, 0.15) is 17.5 Å². The molecule has 0 amide bonds. The van der Waals surface area contributed by atoms with Crippen LogP contribution in [-0.4, -0.2) is 15.0 Å². The van der Waals surface area contributed by atoms with Gasteiger partial charge in [-0.1, -0.05) is 0 Å². The summed E-state index contributed by atoms with van der Waals surface area (Å²) in [5.74, 6) is -0.480. The topological polar surface area (TPSA) is 90.7 Å². The smallest absolute Gasteiger partial charge is 0.225 e. The summed E-state index contributed by atoms with van der Waals surface area (Å²) in [6.45, 7) is 0. The number of thioether (sulfide) groups is 1. The quantitative estimate of drug-likeness (QED) is 0.822. The first-order chi connectivity index (χ1) is 8.54. The minimum absolute atomic E-state index is 0.00202. The molecule has 0 saturated carbocycles. The molecule has 0 bridgehead atoms. The van der Waals surface area contributed by atoms with Gasteiger partial charge in [0.25, 0.3) is 0 Å². The fourth-order valence-electron chi connectivity index (χ4n) is 1.25. The highest BCUT2D eigenvalue weighted by molar-refractivity contribution is 7.98. The molecule has 0 unspecified atom stereocenters. The van der Waals surface area contributed by atoms with E-state index >= 15 is 0 Å². The maximum atomic E-state index is 13.3. The molecule has 1 aromatic carbocycles. The summed E-state index contributed by atoms with van der Waals surface area (Å²) in [5.41, 5.74) is 10.8. The summed E-state index contributed by atoms with van der Waals surface area (Å²) < 4.78 is 26.3. The van der Waals surface area contributed by atoms with Gasteiger partial charge in [0.15, 0.2) is 0 Å². The molecule has 2 aromatic rings. The highest BCUT2D eigenvalue weighted by Crippen LogP contribution is 2.25. The Morgan fingerprint density at radius 3 is 2.39 bits per heavy atom. The van der Waals surface area contributed by atoms with Crippen LogP contribution in [0, 0.1) is 11.6 Å². The summed E-state index contributed by atoms with van der Waals surface area (Å²) in [4.78, 5) is 11.5. The molecule has 0 aliphatic heterocycles. The van der Waals surface area contributed by atoms with E-state index in [4.69, 9.17) is 11.5 Å². The molecule has 94 valence electrons. The zero-order chi connectivity index (χ0) is 13.1. The van der Waals surface area contributed by atoms with E-state index in [2.05, 4.69) is 15.0 Å². The van der Waals surface area contributed by atoms with E-state index < -0.39 is 11.6 Å². The predicted molar refractivity (Wildman–Crippen MR) is 64.6 cm³/mol. The van der Waals surface area contributed by atoms with Crippen LogP contribution in [0.5, 0.6) is 0 Å². The van der Waals surface area contributed by atoms with Crippen LogP contribution in [0.15, 0.2) is 23.1 Å². The Labute approximate surface area is 106 Å². The fourth-order valence-corrected chi connectivity index (χ4v) is 2.07. The number of rotatable bonds is 3. The number of anilines is 2. The summed E-state index contributed by atoms with van der Waals surface area (Å²) in [5, 5.41) is 0. The molecule has 4 N–H and O–H groups in total. The number of hydrogen-bond acceptors (Lipinski definition) is 6. The van der Waals surface area contributed by atoms with Crippen molar-refractivity contribution in [1.29, 1.82) is 0 Å². The lowest BCUT2D eigenvalue weighted by Crippen LogP contribution is -2.06. The molecule has 1 heterocycles. The van der Waals surface area contributed by atoms with Crippen LogP contribution in [0.2, 0.25) is 0 Å². The first-order valence-corrected chi connectivity index (χ1v) is 5.87. The van der Waals surface area contributed by atoms with Crippen LogP contribution in [0.1, 0.15) is 5.82 Å². The molecule has 0 fully saturated rings. The van der Waals surface area contributed by atoms with Gasteiger partial charge >= 0.3 is 0 Å². The SMILES string of the molecule is Nc1nc(N)nc(CSc2cc(F)ccc2F)n1. The maximum absolute atomic E-state index is 13.3. The average Bonchev–Trinajstić information content (AvgIpc) is 2.29.